The number of carboxylic acids is 1. The second-order valence-corrected chi connectivity index (χ2v) is 5.04. The first-order chi connectivity index (χ1) is 9.04. The molecule has 0 atom stereocenters. The number of aromatic nitrogens is 1. The molecule has 0 spiro atoms. The van der Waals surface area contributed by atoms with Gasteiger partial charge in [-0.05, 0) is 18.1 Å². The van der Waals surface area contributed by atoms with Crippen LogP contribution in [0.15, 0.2) is 18.3 Å². The fourth-order valence-corrected chi connectivity index (χ4v) is 2.55. The highest BCUT2D eigenvalue weighted by atomic mass is 35.5. The van der Waals surface area contributed by atoms with E-state index in [4.69, 9.17) is 33.4 Å². The molecule has 0 radical (unpaired) electrons. The number of aliphatic carboxylic acids is 1. The summed E-state index contributed by atoms with van der Waals surface area (Å²) in [5.74, 6) is -0.896. The molecule has 19 heavy (non-hydrogen) atoms. The van der Waals surface area contributed by atoms with Gasteiger partial charge in [-0.25, -0.2) is 0 Å². The summed E-state index contributed by atoms with van der Waals surface area (Å²) in [5, 5.41) is 19.5. The topological polar surface area (TPSA) is 62.5 Å². The molecule has 0 saturated heterocycles. The van der Waals surface area contributed by atoms with Crippen molar-refractivity contribution in [1.29, 1.82) is 0 Å². The Morgan fingerprint density at radius 3 is 2.68 bits per heavy atom. The molecule has 2 rings (SSSR count). The maximum absolute atomic E-state index is 10.9. The standard InChI is InChI=1S/C13H13Cl2NO3/c14-10-3-2-9-8(6-11(18)19)7-16(4-1-5-17)13(9)12(10)15/h2-3,7,17H,1,4-6H2,(H,18,19). The lowest BCUT2D eigenvalue weighted by atomic mass is 10.1. The first kappa shape index (κ1) is 14.2. The molecule has 0 bridgehead atoms. The van der Waals surface area contributed by atoms with Crippen LogP contribution >= 0.6 is 23.2 Å². The van der Waals surface area contributed by atoms with Crippen LogP contribution in [-0.2, 0) is 17.8 Å². The molecule has 1 heterocycles. The summed E-state index contributed by atoms with van der Waals surface area (Å²) in [5.41, 5.74) is 1.41. The molecule has 2 N–H and O–H groups in total. The lowest BCUT2D eigenvalue weighted by Gasteiger charge is -2.06. The normalized spacial score (nSPS) is 11.1. The summed E-state index contributed by atoms with van der Waals surface area (Å²) in [6, 6.07) is 3.44. The van der Waals surface area contributed by atoms with E-state index in [2.05, 4.69) is 0 Å². The van der Waals surface area contributed by atoms with Gasteiger partial charge in [0.15, 0.2) is 0 Å². The second-order valence-electron chi connectivity index (χ2n) is 4.25. The molecule has 2 aromatic rings. The van der Waals surface area contributed by atoms with Gasteiger partial charge in [-0.2, -0.15) is 0 Å². The minimum atomic E-state index is -0.896. The molecular formula is C13H13Cl2NO3. The first-order valence-corrected chi connectivity index (χ1v) is 6.58. The van der Waals surface area contributed by atoms with E-state index in [1.54, 1.807) is 18.3 Å². The Kier molecular flexibility index (Phi) is 4.34. The summed E-state index contributed by atoms with van der Waals surface area (Å²) in [6.07, 6.45) is 2.26. The number of hydrogen-bond acceptors (Lipinski definition) is 2. The van der Waals surface area contributed by atoms with E-state index in [1.807, 2.05) is 4.57 Å². The van der Waals surface area contributed by atoms with Crippen molar-refractivity contribution in [2.45, 2.75) is 19.4 Å². The number of carbonyl (C=O) groups is 1. The van der Waals surface area contributed by atoms with Crippen LogP contribution in [0.3, 0.4) is 0 Å². The molecule has 0 aliphatic rings. The maximum Gasteiger partial charge on any atom is 0.307 e. The quantitative estimate of drug-likeness (QED) is 0.892. The zero-order chi connectivity index (χ0) is 14.0. The molecule has 0 aliphatic heterocycles. The van der Waals surface area contributed by atoms with E-state index in [0.29, 0.717) is 28.6 Å². The molecule has 0 aliphatic carbocycles. The Bertz CT molecular complexity index is 622. The number of benzene rings is 1. The van der Waals surface area contributed by atoms with Crippen molar-refractivity contribution in [3.63, 3.8) is 0 Å². The second kappa shape index (κ2) is 5.82. The van der Waals surface area contributed by atoms with Crippen LogP contribution in [0.25, 0.3) is 10.9 Å². The average Bonchev–Trinajstić information content (AvgIpc) is 2.69. The molecule has 0 saturated carbocycles. The summed E-state index contributed by atoms with van der Waals surface area (Å²) in [6.45, 7) is 0.624. The van der Waals surface area contributed by atoms with E-state index in [1.165, 1.54) is 0 Å². The fraction of sp³-hybridized carbons (Fsp3) is 0.308. The first-order valence-electron chi connectivity index (χ1n) is 5.83. The van der Waals surface area contributed by atoms with Gasteiger partial charge >= 0.3 is 5.97 Å². The van der Waals surface area contributed by atoms with E-state index in [0.717, 1.165) is 10.9 Å². The van der Waals surface area contributed by atoms with Gasteiger partial charge in [0.25, 0.3) is 0 Å². The van der Waals surface area contributed by atoms with Crippen molar-refractivity contribution in [1.82, 2.24) is 4.57 Å². The number of halogens is 2. The van der Waals surface area contributed by atoms with E-state index >= 15 is 0 Å². The predicted molar refractivity (Wildman–Crippen MR) is 75.0 cm³/mol. The zero-order valence-corrected chi connectivity index (χ0v) is 11.6. The molecule has 1 aromatic heterocycles. The fourth-order valence-electron chi connectivity index (χ4n) is 2.12. The molecule has 0 unspecified atom stereocenters. The predicted octanol–water partition coefficient (Wildman–Crippen LogP) is 2.96. The van der Waals surface area contributed by atoms with Crippen LogP contribution in [0.4, 0.5) is 0 Å². The lowest BCUT2D eigenvalue weighted by molar-refractivity contribution is -0.136. The monoisotopic (exact) mass is 301 g/mol. The number of aliphatic hydroxyl groups excluding tert-OH is 1. The zero-order valence-electron chi connectivity index (χ0n) is 10.1. The van der Waals surface area contributed by atoms with Gasteiger partial charge in [0.05, 0.1) is 22.0 Å². The Balaban J connectivity index is 2.59. The highest BCUT2D eigenvalue weighted by Crippen LogP contribution is 2.34. The van der Waals surface area contributed by atoms with Gasteiger partial charge in [-0.1, -0.05) is 29.3 Å². The smallest absolute Gasteiger partial charge is 0.307 e. The van der Waals surface area contributed by atoms with Gasteiger partial charge in [-0.3, -0.25) is 4.79 Å². The number of rotatable bonds is 5. The molecule has 1 aromatic carbocycles. The third-order valence-corrected chi connectivity index (χ3v) is 3.71. The number of fused-ring (bicyclic) bond motifs is 1. The molecular weight excluding hydrogens is 289 g/mol. The lowest BCUT2D eigenvalue weighted by Crippen LogP contribution is -2.00. The van der Waals surface area contributed by atoms with Crippen molar-refractivity contribution in [2.75, 3.05) is 6.61 Å². The summed E-state index contributed by atoms with van der Waals surface area (Å²) in [4.78, 5) is 10.9. The number of nitrogens with zero attached hydrogens (tertiary/aromatic N) is 1. The van der Waals surface area contributed by atoms with Crippen molar-refractivity contribution >= 4 is 40.1 Å². The Labute approximate surface area is 120 Å². The minimum Gasteiger partial charge on any atom is -0.481 e. The maximum atomic E-state index is 10.9. The molecule has 0 fully saturated rings. The summed E-state index contributed by atoms with van der Waals surface area (Å²) < 4.78 is 1.85. The van der Waals surface area contributed by atoms with Crippen molar-refractivity contribution in [3.05, 3.63) is 33.9 Å². The Morgan fingerprint density at radius 2 is 2.05 bits per heavy atom. The van der Waals surface area contributed by atoms with E-state index in [9.17, 15) is 4.79 Å². The Morgan fingerprint density at radius 1 is 1.32 bits per heavy atom. The molecule has 6 heteroatoms. The number of aryl methyl sites for hydroxylation is 1. The van der Waals surface area contributed by atoms with Crippen molar-refractivity contribution in [2.24, 2.45) is 0 Å². The number of carboxylic acid groups (broad SMARTS) is 1. The highest BCUT2D eigenvalue weighted by Gasteiger charge is 2.15. The van der Waals surface area contributed by atoms with Gasteiger partial charge in [0.2, 0.25) is 0 Å². The third-order valence-electron chi connectivity index (χ3n) is 2.91. The largest absolute Gasteiger partial charge is 0.481 e. The van der Waals surface area contributed by atoms with Crippen LogP contribution in [0.1, 0.15) is 12.0 Å². The van der Waals surface area contributed by atoms with Crippen molar-refractivity contribution in [3.8, 4) is 0 Å². The minimum absolute atomic E-state index is 0.0616. The summed E-state index contributed by atoms with van der Waals surface area (Å²) in [7, 11) is 0. The van der Waals surface area contributed by atoms with E-state index < -0.39 is 5.97 Å². The van der Waals surface area contributed by atoms with Gasteiger partial charge in [0, 0.05) is 24.7 Å². The van der Waals surface area contributed by atoms with Gasteiger partial charge < -0.3 is 14.8 Å². The van der Waals surface area contributed by atoms with E-state index in [-0.39, 0.29) is 13.0 Å². The Hall–Kier alpha value is -1.23. The van der Waals surface area contributed by atoms with Gasteiger partial charge in [0.1, 0.15) is 0 Å². The third kappa shape index (κ3) is 2.86. The SMILES string of the molecule is O=C(O)Cc1cn(CCCO)c2c(Cl)c(Cl)ccc12. The highest BCUT2D eigenvalue weighted by molar-refractivity contribution is 6.45. The van der Waals surface area contributed by atoms with Crippen LogP contribution in [-0.4, -0.2) is 27.4 Å². The number of hydrogen-bond donors (Lipinski definition) is 2. The van der Waals surface area contributed by atoms with Crippen molar-refractivity contribution < 1.29 is 15.0 Å². The van der Waals surface area contributed by atoms with Crippen LogP contribution in [0.2, 0.25) is 10.0 Å². The summed E-state index contributed by atoms with van der Waals surface area (Å²) >= 11 is 12.2. The van der Waals surface area contributed by atoms with Crippen LogP contribution < -0.4 is 0 Å². The average molecular weight is 302 g/mol. The van der Waals surface area contributed by atoms with Gasteiger partial charge in [-0.15, -0.1) is 0 Å². The molecule has 0 amide bonds. The van der Waals surface area contributed by atoms with Crippen LogP contribution in [0.5, 0.6) is 0 Å². The number of aliphatic hydroxyl groups is 1. The molecule has 102 valence electrons. The molecule has 4 nitrogen and oxygen atoms in total. The van der Waals surface area contributed by atoms with Crippen LogP contribution in [0, 0.1) is 0 Å².